The fraction of sp³-hybridized carbons (Fsp3) is 0.600. The van der Waals surface area contributed by atoms with Crippen molar-refractivity contribution in [2.24, 2.45) is 0 Å². The van der Waals surface area contributed by atoms with Gasteiger partial charge >= 0.3 is 0 Å². The highest BCUT2D eigenvalue weighted by Gasteiger charge is 1.90. The van der Waals surface area contributed by atoms with Crippen LogP contribution in [0.3, 0.4) is 0 Å². The topological polar surface area (TPSA) is 0 Å². The van der Waals surface area contributed by atoms with Gasteiger partial charge in [-0.15, -0.1) is 0 Å². The lowest BCUT2D eigenvalue weighted by Gasteiger charge is -2.01. The third-order valence-electron chi connectivity index (χ3n) is 1.48. The van der Waals surface area contributed by atoms with Crippen molar-refractivity contribution in [3.05, 3.63) is 23.8 Å². The van der Waals surface area contributed by atoms with Gasteiger partial charge in [0.2, 0.25) is 0 Å². The van der Waals surface area contributed by atoms with Crippen molar-refractivity contribution in [2.75, 3.05) is 0 Å². The third kappa shape index (κ3) is 3.49. The molecule has 0 bridgehead atoms. The van der Waals surface area contributed by atoms with Gasteiger partial charge in [0.1, 0.15) is 0 Å². The van der Waals surface area contributed by atoms with Crippen molar-refractivity contribution in [3.8, 4) is 0 Å². The number of allylic oxidation sites excluding steroid dienone is 4. The average molecular weight is 140 g/mol. The van der Waals surface area contributed by atoms with Crippen LogP contribution in [0.2, 0.25) is 0 Å². The Morgan fingerprint density at radius 2 is 2.10 bits per heavy atom. The van der Waals surface area contributed by atoms with Gasteiger partial charge in [0, 0.05) is 1.43 Å². The Kier molecular flexibility index (Phi) is 6.25. The molecule has 0 atom stereocenters. The van der Waals surface area contributed by atoms with E-state index in [1.807, 2.05) is 13.8 Å². The molecule has 10 heavy (non-hydrogen) atoms. The fourth-order valence-electron chi connectivity index (χ4n) is 0.930. The molecule has 1 aliphatic rings. The van der Waals surface area contributed by atoms with Gasteiger partial charge in [0.05, 0.1) is 0 Å². The molecular formula is C10H20. The molecule has 0 aliphatic heterocycles. The van der Waals surface area contributed by atoms with Crippen molar-refractivity contribution in [1.29, 1.82) is 0 Å². The first-order valence-electron chi connectivity index (χ1n) is 4.29. The molecule has 0 heteroatoms. The standard InChI is InChI=1S/C8H12.C2H6.H2/c1-2-8-6-4-3-5-7-8;1-2;/h4,6-7H,2-3,5H2,1H3;1-2H3;1H. The van der Waals surface area contributed by atoms with E-state index in [1.165, 1.54) is 24.8 Å². The average Bonchev–Trinajstić information content (AvgIpc) is 2.10. The highest BCUT2D eigenvalue weighted by atomic mass is 14.0. The zero-order valence-corrected chi connectivity index (χ0v) is 7.35. The quantitative estimate of drug-likeness (QED) is 0.517. The van der Waals surface area contributed by atoms with Crippen molar-refractivity contribution >= 4 is 0 Å². The lowest BCUT2D eigenvalue weighted by molar-refractivity contribution is 0.984. The summed E-state index contributed by atoms with van der Waals surface area (Å²) in [4.78, 5) is 0. The van der Waals surface area contributed by atoms with E-state index in [1.54, 1.807) is 0 Å². The van der Waals surface area contributed by atoms with Crippen LogP contribution in [0.4, 0.5) is 0 Å². The molecule has 1 rings (SSSR count). The molecule has 0 nitrogen and oxygen atoms in total. The summed E-state index contributed by atoms with van der Waals surface area (Å²) in [6.07, 6.45) is 10.5. The number of hydrogen-bond donors (Lipinski definition) is 0. The predicted octanol–water partition coefficient (Wildman–Crippen LogP) is 3.95. The molecule has 0 unspecified atom stereocenters. The summed E-state index contributed by atoms with van der Waals surface area (Å²) >= 11 is 0. The molecule has 0 saturated carbocycles. The van der Waals surface area contributed by atoms with Crippen molar-refractivity contribution in [3.63, 3.8) is 0 Å². The van der Waals surface area contributed by atoms with E-state index in [9.17, 15) is 0 Å². The SMILES string of the molecule is CC.CCC1=CCCC=C1.[HH]. The molecule has 0 radical (unpaired) electrons. The molecule has 0 fully saturated rings. The Hall–Kier alpha value is -0.520. The van der Waals surface area contributed by atoms with Crippen LogP contribution in [0.5, 0.6) is 0 Å². The molecule has 1 aliphatic carbocycles. The van der Waals surface area contributed by atoms with Crippen LogP contribution in [-0.4, -0.2) is 0 Å². The minimum Gasteiger partial charge on any atom is -0.0840 e. The van der Waals surface area contributed by atoms with Gasteiger partial charge in [0.25, 0.3) is 0 Å². The first-order chi connectivity index (χ1) is 4.93. The molecule has 60 valence electrons. The van der Waals surface area contributed by atoms with E-state index in [-0.39, 0.29) is 1.43 Å². The molecule has 0 spiro atoms. The molecule has 0 aromatic heterocycles. The van der Waals surface area contributed by atoms with E-state index < -0.39 is 0 Å². The maximum absolute atomic E-state index is 2.32. The minimum atomic E-state index is 0. The van der Waals surface area contributed by atoms with E-state index in [0.29, 0.717) is 0 Å². The molecule has 0 saturated heterocycles. The third-order valence-corrected chi connectivity index (χ3v) is 1.48. The molecule has 0 heterocycles. The first kappa shape index (κ1) is 9.48. The van der Waals surface area contributed by atoms with Gasteiger partial charge in [0.15, 0.2) is 0 Å². The van der Waals surface area contributed by atoms with Gasteiger partial charge in [-0.1, -0.05) is 44.6 Å². The van der Waals surface area contributed by atoms with Gasteiger partial charge in [-0.25, -0.2) is 0 Å². The Bertz CT molecular complexity index is 123. The largest absolute Gasteiger partial charge is 0.0840 e. The zero-order valence-electron chi connectivity index (χ0n) is 7.35. The molecule has 0 aromatic rings. The summed E-state index contributed by atoms with van der Waals surface area (Å²) in [6.45, 7) is 6.20. The lowest BCUT2D eigenvalue weighted by atomic mass is 10.1. The second kappa shape index (κ2) is 6.60. The van der Waals surface area contributed by atoms with Crippen LogP contribution in [0.1, 0.15) is 41.5 Å². The second-order valence-corrected chi connectivity index (χ2v) is 2.11. The number of hydrogen-bond acceptors (Lipinski definition) is 0. The van der Waals surface area contributed by atoms with E-state index in [4.69, 9.17) is 0 Å². The summed E-state index contributed by atoms with van der Waals surface area (Å²) in [5.41, 5.74) is 1.50. The van der Waals surface area contributed by atoms with E-state index in [2.05, 4.69) is 25.2 Å². The predicted molar refractivity (Wildman–Crippen MR) is 50.2 cm³/mol. The molecule has 0 aromatic carbocycles. The minimum absolute atomic E-state index is 0. The summed E-state index contributed by atoms with van der Waals surface area (Å²) < 4.78 is 0. The highest BCUT2D eigenvalue weighted by molar-refractivity contribution is 5.21. The van der Waals surface area contributed by atoms with Crippen LogP contribution >= 0.6 is 0 Å². The fourth-order valence-corrected chi connectivity index (χ4v) is 0.930. The molecule has 0 N–H and O–H groups in total. The van der Waals surface area contributed by atoms with Gasteiger partial charge in [-0.2, -0.15) is 0 Å². The van der Waals surface area contributed by atoms with Crippen LogP contribution in [0, 0.1) is 0 Å². The van der Waals surface area contributed by atoms with E-state index in [0.717, 1.165) is 0 Å². The van der Waals surface area contributed by atoms with E-state index >= 15 is 0 Å². The second-order valence-electron chi connectivity index (χ2n) is 2.11. The number of rotatable bonds is 1. The van der Waals surface area contributed by atoms with Gasteiger partial charge in [-0.3, -0.25) is 0 Å². The maximum Gasteiger partial charge on any atom is 0 e. The van der Waals surface area contributed by atoms with Crippen molar-refractivity contribution in [1.82, 2.24) is 0 Å². The monoisotopic (exact) mass is 140 g/mol. The van der Waals surface area contributed by atoms with Crippen LogP contribution in [0.15, 0.2) is 23.8 Å². The Labute approximate surface area is 66.1 Å². The summed E-state index contributed by atoms with van der Waals surface area (Å²) in [7, 11) is 0. The normalized spacial score (nSPS) is 15.3. The van der Waals surface area contributed by atoms with Crippen molar-refractivity contribution < 1.29 is 1.43 Å². The summed E-state index contributed by atoms with van der Waals surface area (Å²) in [5.74, 6) is 0. The van der Waals surface area contributed by atoms with Crippen LogP contribution in [0.25, 0.3) is 0 Å². The lowest BCUT2D eigenvalue weighted by Crippen LogP contribution is -1.80. The summed E-state index contributed by atoms with van der Waals surface area (Å²) in [5, 5.41) is 0. The Morgan fingerprint density at radius 1 is 1.40 bits per heavy atom. The Morgan fingerprint density at radius 3 is 2.40 bits per heavy atom. The molecular weight excluding hydrogens is 120 g/mol. The van der Waals surface area contributed by atoms with Gasteiger partial charge in [-0.05, 0) is 19.3 Å². The zero-order chi connectivity index (χ0) is 7.82. The van der Waals surface area contributed by atoms with Crippen molar-refractivity contribution in [2.45, 2.75) is 40.0 Å². The van der Waals surface area contributed by atoms with Crippen LogP contribution < -0.4 is 0 Å². The van der Waals surface area contributed by atoms with Crippen LogP contribution in [-0.2, 0) is 0 Å². The van der Waals surface area contributed by atoms with Gasteiger partial charge < -0.3 is 0 Å². The smallest absolute Gasteiger partial charge is 0 e. The Balaban J connectivity index is 0. The molecule has 0 amide bonds. The first-order valence-corrected chi connectivity index (χ1v) is 4.29. The summed E-state index contributed by atoms with van der Waals surface area (Å²) in [6, 6.07) is 0. The highest BCUT2D eigenvalue weighted by Crippen LogP contribution is 2.11. The maximum atomic E-state index is 2.32.